The summed E-state index contributed by atoms with van der Waals surface area (Å²) in [7, 11) is -1.25. The minimum atomic E-state index is -1.25. The third-order valence-corrected chi connectivity index (χ3v) is 5.41. The lowest BCUT2D eigenvalue weighted by atomic mass is 10.1. The molecule has 0 bridgehead atoms. The molecule has 3 rings (SSSR count). The summed E-state index contributed by atoms with van der Waals surface area (Å²) in [4.78, 5) is 14.8. The van der Waals surface area contributed by atoms with Gasteiger partial charge in [-0.3, -0.25) is 9.00 Å². The van der Waals surface area contributed by atoms with Gasteiger partial charge in [0.25, 0.3) is 5.91 Å². The van der Waals surface area contributed by atoms with Crippen molar-refractivity contribution in [1.29, 1.82) is 0 Å². The summed E-state index contributed by atoms with van der Waals surface area (Å²) in [5.41, 5.74) is 0. The molecule has 0 aliphatic carbocycles. The summed E-state index contributed by atoms with van der Waals surface area (Å²) in [6.45, 7) is 1.56. The van der Waals surface area contributed by atoms with Crippen LogP contribution < -0.4 is 0 Å². The predicted octanol–water partition coefficient (Wildman–Crippen LogP) is 3.87. The van der Waals surface area contributed by atoms with Crippen molar-refractivity contribution in [3.63, 3.8) is 0 Å². The Morgan fingerprint density at radius 2 is 1.96 bits per heavy atom. The number of piperidine rings is 1. The van der Waals surface area contributed by atoms with Crippen LogP contribution in [-0.2, 0) is 16.6 Å². The molecule has 1 aromatic carbocycles. The molecule has 0 spiro atoms. The van der Waals surface area contributed by atoms with Gasteiger partial charge in [-0.2, -0.15) is 0 Å². The Bertz CT molecular complexity index is 722. The molecule has 1 saturated heterocycles. The number of carbonyl (C=O) groups excluding carboxylic acids is 1. The Morgan fingerprint density at radius 1 is 1.17 bits per heavy atom. The van der Waals surface area contributed by atoms with Gasteiger partial charge >= 0.3 is 0 Å². The lowest BCUT2D eigenvalue weighted by Gasteiger charge is -2.25. The van der Waals surface area contributed by atoms with E-state index in [1.165, 1.54) is 6.42 Å². The van der Waals surface area contributed by atoms with Crippen molar-refractivity contribution in [2.24, 2.45) is 0 Å². The zero-order valence-electron chi connectivity index (χ0n) is 12.7. The van der Waals surface area contributed by atoms with E-state index in [-0.39, 0.29) is 11.7 Å². The number of hydrogen-bond donors (Lipinski definition) is 0. The van der Waals surface area contributed by atoms with Gasteiger partial charge in [-0.25, -0.2) is 0 Å². The zero-order chi connectivity index (χ0) is 16.2. The average molecular weight is 352 g/mol. The quantitative estimate of drug-likeness (QED) is 0.840. The molecule has 122 valence electrons. The summed E-state index contributed by atoms with van der Waals surface area (Å²) in [5.74, 6) is 1.02. The van der Waals surface area contributed by atoms with E-state index in [9.17, 15) is 9.00 Å². The Labute approximate surface area is 142 Å². The predicted molar refractivity (Wildman–Crippen MR) is 90.0 cm³/mol. The molecule has 23 heavy (non-hydrogen) atoms. The Balaban J connectivity index is 1.67. The van der Waals surface area contributed by atoms with E-state index in [1.54, 1.807) is 36.4 Å². The van der Waals surface area contributed by atoms with Crippen molar-refractivity contribution in [1.82, 2.24) is 4.90 Å². The first-order chi connectivity index (χ1) is 11.1. The first-order valence-corrected chi connectivity index (χ1v) is 9.35. The van der Waals surface area contributed by atoms with Gasteiger partial charge in [0.1, 0.15) is 5.76 Å². The van der Waals surface area contributed by atoms with Crippen molar-refractivity contribution in [2.45, 2.75) is 29.9 Å². The largest absolute Gasteiger partial charge is 0.455 e. The molecule has 2 aromatic rings. The summed E-state index contributed by atoms with van der Waals surface area (Å²) in [5, 5.41) is 0.552. The van der Waals surface area contributed by atoms with Gasteiger partial charge in [-0.1, -0.05) is 17.7 Å². The molecular formula is C17H18ClNO3S. The highest BCUT2D eigenvalue weighted by Crippen LogP contribution is 2.20. The van der Waals surface area contributed by atoms with E-state index >= 15 is 0 Å². The normalized spacial score (nSPS) is 16.3. The van der Waals surface area contributed by atoms with E-state index in [0.717, 1.165) is 25.9 Å². The van der Waals surface area contributed by atoms with Crippen molar-refractivity contribution < 1.29 is 13.4 Å². The molecule has 1 aliphatic rings. The van der Waals surface area contributed by atoms with Crippen molar-refractivity contribution in [2.75, 3.05) is 13.1 Å². The molecule has 4 nitrogen and oxygen atoms in total. The highest BCUT2D eigenvalue weighted by Gasteiger charge is 2.21. The first kappa shape index (κ1) is 16.3. The van der Waals surface area contributed by atoms with Crippen LogP contribution in [0.1, 0.15) is 35.6 Å². The number of hydrogen-bond acceptors (Lipinski definition) is 3. The molecule has 1 aliphatic heterocycles. The smallest absolute Gasteiger partial charge is 0.289 e. The standard InChI is InChI=1S/C17H18ClNO3S/c18-13-5-4-6-15(11-13)23(21)12-14-7-8-16(22-14)17(20)19-9-2-1-3-10-19/h4-8,11H,1-3,9-10,12H2/t23-/m1/s1. The van der Waals surface area contributed by atoms with Crippen LogP contribution in [0.5, 0.6) is 0 Å². The highest BCUT2D eigenvalue weighted by molar-refractivity contribution is 7.84. The highest BCUT2D eigenvalue weighted by atomic mass is 35.5. The van der Waals surface area contributed by atoms with Gasteiger partial charge in [-0.05, 0) is 49.6 Å². The summed E-state index contributed by atoms with van der Waals surface area (Å²) >= 11 is 5.92. The van der Waals surface area contributed by atoms with Crippen molar-refractivity contribution >= 4 is 28.3 Å². The molecule has 0 radical (unpaired) electrons. The van der Waals surface area contributed by atoms with Gasteiger partial charge in [0.15, 0.2) is 5.76 Å². The third kappa shape index (κ3) is 4.03. The van der Waals surface area contributed by atoms with E-state index < -0.39 is 10.8 Å². The van der Waals surface area contributed by atoms with Gasteiger partial charge in [0.2, 0.25) is 0 Å². The second-order valence-corrected chi connectivity index (χ2v) is 7.45. The van der Waals surface area contributed by atoms with Crippen LogP contribution in [0, 0.1) is 0 Å². The lowest BCUT2D eigenvalue weighted by Crippen LogP contribution is -2.35. The molecule has 2 heterocycles. The van der Waals surface area contributed by atoms with Gasteiger partial charge < -0.3 is 9.32 Å². The SMILES string of the molecule is O=C(c1ccc(C[S@@](=O)c2cccc(Cl)c2)o1)N1CCCCC1. The molecular weight excluding hydrogens is 334 g/mol. The molecule has 0 unspecified atom stereocenters. The minimum absolute atomic E-state index is 0.0792. The van der Waals surface area contributed by atoms with Crippen LogP contribution in [-0.4, -0.2) is 28.1 Å². The summed E-state index contributed by atoms with van der Waals surface area (Å²) in [6.07, 6.45) is 3.25. The number of furan rings is 1. The van der Waals surface area contributed by atoms with Crippen molar-refractivity contribution in [3.05, 3.63) is 52.9 Å². The van der Waals surface area contributed by atoms with E-state index in [0.29, 0.717) is 21.4 Å². The van der Waals surface area contributed by atoms with Crippen LogP contribution >= 0.6 is 11.6 Å². The van der Waals surface area contributed by atoms with Crippen LogP contribution in [0.15, 0.2) is 45.7 Å². The maximum Gasteiger partial charge on any atom is 0.289 e. The van der Waals surface area contributed by atoms with Gasteiger partial charge in [0, 0.05) is 23.0 Å². The Kier molecular flexibility index (Phi) is 5.18. The van der Waals surface area contributed by atoms with Gasteiger partial charge in [0.05, 0.1) is 16.6 Å². The monoisotopic (exact) mass is 351 g/mol. The van der Waals surface area contributed by atoms with Crippen LogP contribution in [0.2, 0.25) is 5.02 Å². The number of amides is 1. The summed E-state index contributed by atoms with van der Waals surface area (Å²) in [6, 6.07) is 10.3. The number of rotatable bonds is 4. The fourth-order valence-electron chi connectivity index (χ4n) is 2.64. The molecule has 1 aromatic heterocycles. The maximum atomic E-state index is 12.4. The number of halogens is 1. The first-order valence-electron chi connectivity index (χ1n) is 7.65. The Hall–Kier alpha value is -1.59. The lowest BCUT2D eigenvalue weighted by molar-refractivity contribution is 0.0690. The third-order valence-electron chi connectivity index (χ3n) is 3.85. The number of carbonyl (C=O) groups is 1. The van der Waals surface area contributed by atoms with Crippen LogP contribution in [0.4, 0.5) is 0 Å². The molecule has 1 fully saturated rings. The van der Waals surface area contributed by atoms with E-state index in [2.05, 4.69) is 0 Å². The van der Waals surface area contributed by atoms with Crippen molar-refractivity contribution in [3.8, 4) is 0 Å². The molecule has 1 amide bonds. The van der Waals surface area contributed by atoms with Crippen LogP contribution in [0.25, 0.3) is 0 Å². The second-order valence-electron chi connectivity index (χ2n) is 5.57. The van der Waals surface area contributed by atoms with E-state index in [4.69, 9.17) is 16.0 Å². The fourth-order valence-corrected chi connectivity index (χ4v) is 3.97. The maximum absolute atomic E-state index is 12.4. The zero-order valence-corrected chi connectivity index (χ0v) is 14.2. The topological polar surface area (TPSA) is 50.5 Å². The average Bonchev–Trinajstić information content (AvgIpc) is 3.03. The molecule has 1 atom stereocenters. The summed E-state index contributed by atoms with van der Waals surface area (Å²) < 4.78 is 17.9. The Morgan fingerprint density at radius 3 is 2.70 bits per heavy atom. The molecule has 0 saturated carbocycles. The van der Waals surface area contributed by atoms with Crippen LogP contribution in [0.3, 0.4) is 0 Å². The number of benzene rings is 1. The second kappa shape index (κ2) is 7.32. The fraction of sp³-hybridized carbons (Fsp3) is 0.353. The number of likely N-dealkylation sites (tertiary alicyclic amines) is 1. The van der Waals surface area contributed by atoms with E-state index in [1.807, 2.05) is 4.90 Å². The minimum Gasteiger partial charge on any atom is -0.455 e. The molecule has 6 heteroatoms. The number of nitrogens with zero attached hydrogens (tertiary/aromatic N) is 1. The van der Waals surface area contributed by atoms with Gasteiger partial charge in [-0.15, -0.1) is 0 Å². The molecule has 0 N–H and O–H groups in total.